The number of carbonyl (C=O) groups excluding carboxylic acids is 1. The Morgan fingerprint density at radius 2 is 2.56 bits per heavy atom. The third-order valence-corrected chi connectivity index (χ3v) is 3.29. The zero-order chi connectivity index (χ0) is 13.0. The monoisotopic (exact) mass is 252 g/mol. The van der Waals surface area contributed by atoms with Crippen LogP contribution in [0.4, 0.5) is 5.82 Å². The van der Waals surface area contributed by atoms with Gasteiger partial charge in [0.05, 0.1) is 0 Å². The van der Waals surface area contributed by atoms with Crippen molar-refractivity contribution in [2.24, 2.45) is 5.73 Å². The maximum absolute atomic E-state index is 11.7. The van der Waals surface area contributed by atoms with E-state index in [9.17, 15) is 4.79 Å². The highest BCUT2D eigenvalue weighted by atomic mass is 16.5. The van der Waals surface area contributed by atoms with E-state index in [1.807, 2.05) is 0 Å². The predicted molar refractivity (Wildman–Crippen MR) is 68.1 cm³/mol. The molecule has 1 saturated heterocycles. The van der Waals surface area contributed by atoms with Gasteiger partial charge >= 0.3 is 0 Å². The molecule has 0 saturated carbocycles. The van der Waals surface area contributed by atoms with Gasteiger partial charge in [-0.2, -0.15) is 0 Å². The lowest BCUT2D eigenvalue weighted by molar-refractivity contribution is -0.116. The minimum Gasteiger partial charge on any atom is -0.360 e. The molecule has 2 heterocycles. The van der Waals surface area contributed by atoms with Crippen molar-refractivity contribution in [1.29, 1.82) is 0 Å². The van der Waals surface area contributed by atoms with Gasteiger partial charge in [-0.15, -0.1) is 0 Å². The minimum atomic E-state index is -0.0361. The number of likely N-dealkylation sites (tertiary alicyclic amines) is 1. The smallest absolute Gasteiger partial charge is 0.226 e. The highest BCUT2D eigenvalue weighted by Crippen LogP contribution is 2.16. The van der Waals surface area contributed by atoms with Gasteiger partial charge in [0.25, 0.3) is 0 Å². The summed E-state index contributed by atoms with van der Waals surface area (Å²) in [5, 5.41) is 6.44. The van der Waals surface area contributed by atoms with E-state index in [0.717, 1.165) is 19.5 Å². The van der Waals surface area contributed by atoms with Crippen LogP contribution in [0.25, 0.3) is 0 Å². The number of anilines is 1. The van der Waals surface area contributed by atoms with E-state index in [-0.39, 0.29) is 5.91 Å². The van der Waals surface area contributed by atoms with Crippen LogP contribution in [0, 0.1) is 6.92 Å². The standard InChI is InChI=1S/C12H20N4O2/c1-9-7-11(15-18-9)14-12(17)4-6-16-5-2-3-10(16)8-13/h7,10H,2-6,8,13H2,1H3,(H,14,15,17). The number of carbonyl (C=O) groups is 1. The van der Waals surface area contributed by atoms with Crippen molar-refractivity contribution in [1.82, 2.24) is 10.1 Å². The maximum Gasteiger partial charge on any atom is 0.226 e. The van der Waals surface area contributed by atoms with E-state index in [0.29, 0.717) is 30.6 Å². The third-order valence-electron chi connectivity index (χ3n) is 3.29. The van der Waals surface area contributed by atoms with Crippen LogP contribution >= 0.6 is 0 Å². The van der Waals surface area contributed by atoms with Gasteiger partial charge in [-0.05, 0) is 26.3 Å². The summed E-state index contributed by atoms with van der Waals surface area (Å²) in [5.74, 6) is 1.13. The summed E-state index contributed by atoms with van der Waals surface area (Å²) in [7, 11) is 0. The summed E-state index contributed by atoms with van der Waals surface area (Å²) < 4.78 is 4.89. The molecule has 100 valence electrons. The Labute approximate surface area is 106 Å². The maximum atomic E-state index is 11.7. The van der Waals surface area contributed by atoms with Crippen LogP contribution in [0.1, 0.15) is 25.0 Å². The van der Waals surface area contributed by atoms with E-state index in [4.69, 9.17) is 10.3 Å². The van der Waals surface area contributed by atoms with Crippen molar-refractivity contribution >= 4 is 11.7 Å². The highest BCUT2D eigenvalue weighted by molar-refractivity contribution is 5.89. The number of nitrogens with one attached hydrogen (secondary N) is 1. The van der Waals surface area contributed by atoms with Gasteiger partial charge < -0.3 is 15.6 Å². The van der Waals surface area contributed by atoms with Crippen LogP contribution < -0.4 is 11.1 Å². The molecule has 1 unspecified atom stereocenters. The summed E-state index contributed by atoms with van der Waals surface area (Å²) in [6.07, 6.45) is 2.77. The minimum absolute atomic E-state index is 0.0361. The second-order valence-electron chi connectivity index (χ2n) is 4.69. The van der Waals surface area contributed by atoms with E-state index in [2.05, 4.69) is 15.4 Å². The Hall–Kier alpha value is -1.40. The quantitative estimate of drug-likeness (QED) is 0.807. The molecular weight excluding hydrogens is 232 g/mol. The first-order chi connectivity index (χ1) is 8.69. The fraction of sp³-hybridized carbons (Fsp3) is 0.667. The van der Waals surface area contributed by atoms with Crippen LogP contribution in [0.3, 0.4) is 0 Å². The topological polar surface area (TPSA) is 84.4 Å². The molecule has 3 N–H and O–H groups in total. The third kappa shape index (κ3) is 3.30. The van der Waals surface area contributed by atoms with Gasteiger partial charge in [0.2, 0.25) is 5.91 Å². The van der Waals surface area contributed by atoms with Crippen LogP contribution in [0.15, 0.2) is 10.6 Å². The SMILES string of the molecule is Cc1cc(NC(=O)CCN2CCCC2CN)no1. The first-order valence-corrected chi connectivity index (χ1v) is 6.36. The molecule has 1 aromatic rings. The summed E-state index contributed by atoms with van der Waals surface area (Å²) in [6, 6.07) is 2.14. The Kier molecular flexibility index (Phi) is 4.33. The number of nitrogens with two attached hydrogens (primary N) is 1. The molecule has 2 rings (SSSR count). The van der Waals surface area contributed by atoms with E-state index >= 15 is 0 Å². The number of aromatic nitrogens is 1. The number of aryl methyl sites for hydroxylation is 1. The van der Waals surface area contributed by atoms with E-state index in [1.54, 1.807) is 13.0 Å². The molecule has 0 bridgehead atoms. The normalized spacial score (nSPS) is 20.2. The van der Waals surface area contributed by atoms with Crippen molar-refractivity contribution in [3.63, 3.8) is 0 Å². The first kappa shape index (κ1) is 13.0. The molecule has 1 atom stereocenters. The van der Waals surface area contributed by atoms with Crippen LogP contribution in [-0.4, -0.2) is 41.6 Å². The number of hydrogen-bond donors (Lipinski definition) is 2. The van der Waals surface area contributed by atoms with Crippen LogP contribution in [0.5, 0.6) is 0 Å². The van der Waals surface area contributed by atoms with Gasteiger partial charge in [-0.1, -0.05) is 5.16 Å². The molecule has 1 aliphatic rings. The molecule has 1 aromatic heterocycles. The number of rotatable bonds is 5. The molecule has 0 spiro atoms. The molecule has 0 aliphatic carbocycles. The number of hydrogen-bond acceptors (Lipinski definition) is 5. The van der Waals surface area contributed by atoms with Crippen molar-refractivity contribution < 1.29 is 9.32 Å². The van der Waals surface area contributed by atoms with E-state index < -0.39 is 0 Å². The first-order valence-electron chi connectivity index (χ1n) is 6.36. The van der Waals surface area contributed by atoms with Crippen LogP contribution in [0.2, 0.25) is 0 Å². The zero-order valence-corrected chi connectivity index (χ0v) is 10.7. The Balaban J connectivity index is 1.74. The molecule has 6 heteroatoms. The lowest BCUT2D eigenvalue weighted by Gasteiger charge is -2.22. The van der Waals surface area contributed by atoms with Crippen molar-refractivity contribution in [3.05, 3.63) is 11.8 Å². The fourth-order valence-electron chi connectivity index (χ4n) is 2.33. The summed E-state index contributed by atoms with van der Waals surface area (Å²) in [6.45, 7) is 4.26. The average Bonchev–Trinajstić information content (AvgIpc) is 2.95. The highest BCUT2D eigenvalue weighted by Gasteiger charge is 2.23. The van der Waals surface area contributed by atoms with E-state index in [1.165, 1.54) is 6.42 Å². The van der Waals surface area contributed by atoms with Gasteiger partial charge in [0.1, 0.15) is 5.76 Å². The van der Waals surface area contributed by atoms with Crippen molar-refractivity contribution in [3.8, 4) is 0 Å². The molecule has 0 aromatic carbocycles. The van der Waals surface area contributed by atoms with Crippen molar-refractivity contribution in [2.45, 2.75) is 32.2 Å². The van der Waals surface area contributed by atoms with Gasteiger partial charge in [0.15, 0.2) is 5.82 Å². The summed E-state index contributed by atoms with van der Waals surface area (Å²) in [5.41, 5.74) is 5.69. The average molecular weight is 252 g/mol. The zero-order valence-electron chi connectivity index (χ0n) is 10.7. The van der Waals surface area contributed by atoms with Gasteiger partial charge in [-0.25, -0.2) is 0 Å². The predicted octanol–water partition coefficient (Wildman–Crippen LogP) is 0.735. The molecule has 1 fully saturated rings. The molecular formula is C12H20N4O2. The number of nitrogens with zero attached hydrogens (tertiary/aromatic N) is 2. The number of amides is 1. The molecule has 0 radical (unpaired) electrons. The second-order valence-corrected chi connectivity index (χ2v) is 4.69. The fourth-order valence-corrected chi connectivity index (χ4v) is 2.33. The second kappa shape index (κ2) is 5.97. The Morgan fingerprint density at radius 1 is 1.72 bits per heavy atom. The summed E-state index contributed by atoms with van der Waals surface area (Å²) >= 11 is 0. The molecule has 6 nitrogen and oxygen atoms in total. The van der Waals surface area contributed by atoms with Crippen molar-refractivity contribution in [2.75, 3.05) is 25.0 Å². The van der Waals surface area contributed by atoms with Gasteiger partial charge in [-0.3, -0.25) is 9.69 Å². The summed E-state index contributed by atoms with van der Waals surface area (Å²) in [4.78, 5) is 14.0. The molecule has 1 amide bonds. The van der Waals surface area contributed by atoms with Crippen LogP contribution in [-0.2, 0) is 4.79 Å². The lowest BCUT2D eigenvalue weighted by atomic mass is 10.2. The Bertz CT molecular complexity index is 405. The molecule has 1 aliphatic heterocycles. The molecule has 18 heavy (non-hydrogen) atoms. The lowest BCUT2D eigenvalue weighted by Crippen LogP contribution is -2.37. The Morgan fingerprint density at radius 3 is 3.22 bits per heavy atom. The van der Waals surface area contributed by atoms with Gasteiger partial charge in [0, 0.05) is 31.6 Å². The largest absolute Gasteiger partial charge is 0.360 e.